The molecule has 1 aliphatic rings. The third kappa shape index (κ3) is 4.62. The van der Waals surface area contributed by atoms with Gasteiger partial charge in [0, 0.05) is 18.1 Å². The Kier molecular flexibility index (Phi) is 6.07. The van der Waals surface area contributed by atoms with Gasteiger partial charge in [0.05, 0.1) is 10.6 Å². The van der Waals surface area contributed by atoms with Gasteiger partial charge in [-0.2, -0.15) is 0 Å². The Hall–Kier alpha value is -2.05. The SMILES string of the molecule is CC1CCN(C(=O)CN(c2ccccc2)S(=O)(=O)c2ccc(Cl)cc2)CC1. The number of piperidine rings is 1. The third-order valence-corrected chi connectivity index (χ3v) is 6.90. The molecule has 0 radical (unpaired) electrons. The van der Waals surface area contributed by atoms with E-state index in [0.717, 1.165) is 12.8 Å². The summed E-state index contributed by atoms with van der Waals surface area (Å²) in [5, 5.41) is 0.457. The van der Waals surface area contributed by atoms with Gasteiger partial charge in [-0.3, -0.25) is 9.10 Å². The number of hydrogen-bond donors (Lipinski definition) is 0. The van der Waals surface area contributed by atoms with Crippen molar-refractivity contribution in [3.8, 4) is 0 Å². The maximum atomic E-state index is 13.2. The number of amides is 1. The van der Waals surface area contributed by atoms with Crippen molar-refractivity contribution in [2.75, 3.05) is 23.9 Å². The molecule has 1 heterocycles. The summed E-state index contributed by atoms with van der Waals surface area (Å²) in [4.78, 5) is 14.7. The number of benzene rings is 2. The molecular formula is C20H23ClN2O3S. The van der Waals surface area contributed by atoms with Crippen LogP contribution in [0, 0.1) is 5.92 Å². The van der Waals surface area contributed by atoms with Crippen molar-refractivity contribution in [3.63, 3.8) is 0 Å². The number of nitrogens with zero attached hydrogens (tertiary/aromatic N) is 2. The summed E-state index contributed by atoms with van der Waals surface area (Å²) in [5.41, 5.74) is 0.464. The summed E-state index contributed by atoms with van der Waals surface area (Å²) in [5.74, 6) is 0.417. The van der Waals surface area contributed by atoms with E-state index >= 15 is 0 Å². The molecule has 0 bridgehead atoms. The predicted molar refractivity (Wildman–Crippen MR) is 107 cm³/mol. The Labute approximate surface area is 165 Å². The Balaban J connectivity index is 1.90. The van der Waals surface area contributed by atoms with Crippen molar-refractivity contribution in [1.29, 1.82) is 0 Å². The fourth-order valence-electron chi connectivity index (χ4n) is 3.12. The van der Waals surface area contributed by atoms with Crippen LogP contribution in [0.15, 0.2) is 59.5 Å². The van der Waals surface area contributed by atoms with Crippen molar-refractivity contribution >= 4 is 33.2 Å². The van der Waals surface area contributed by atoms with Gasteiger partial charge in [-0.1, -0.05) is 36.7 Å². The topological polar surface area (TPSA) is 57.7 Å². The van der Waals surface area contributed by atoms with Gasteiger partial charge in [0.2, 0.25) is 5.91 Å². The largest absolute Gasteiger partial charge is 0.341 e. The van der Waals surface area contributed by atoms with E-state index in [4.69, 9.17) is 11.6 Å². The van der Waals surface area contributed by atoms with E-state index in [9.17, 15) is 13.2 Å². The molecule has 1 aliphatic heterocycles. The summed E-state index contributed by atoms with van der Waals surface area (Å²) in [6, 6.07) is 14.7. The molecule has 0 N–H and O–H groups in total. The van der Waals surface area contributed by atoms with E-state index < -0.39 is 10.0 Å². The molecule has 0 spiro atoms. The quantitative estimate of drug-likeness (QED) is 0.758. The zero-order valence-electron chi connectivity index (χ0n) is 15.2. The second kappa shape index (κ2) is 8.31. The Morgan fingerprint density at radius 2 is 1.67 bits per heavy atom. The molecule has 0 saturated carbocycles. The second-order valence-corrected chi connectivity index (χ2v) is 9.16. The van der Waals surface area contributed by atoms with Gasteiger partial charge in [-0.05, 0) is 55.2 Å². The predicted octanol–water partition coefficient (Wildman–Crippen LogP) is 3.79. The highest BCUT2D eigenvalue weighted by molar-refractivity contribution is 7.92. The molecule has 1 saturated heterocycles. The maximum Gasteiger partial charge on any atom is 0.264 e. The second-order valence-electron chi connectivity index (χ2n) is 6.86. The summed E-state index contributed by atoms with van der Waals surface area (Å²) in [7, 11) is -3.89. The van der Waals surface area contributed by atoms with Crippen LogP contribution in [0.2, 0.25) is 5.02 Å². The molecule has 5 nitrogen and oxygen atoms in total. The minimum Gasteiger partial charge on any atom is -0.341 e. The van der Waals surface area contributed by atoms with Gasteiger partial charge in [0.1, 0.15) is 6.54 Å². The maximum absolute atomic E-state index is 13.2. The van der Waals surface area contributed by atoms with E-state index in [1.165, 1.54) is 28.6 Å². The van der Waals surface area contributed by atoms with Crippen molar-refractivity contribution in [1.82, 2.24) is 4.90 Å². The molecule has 27 heavy (non-hydrogen) atoms. The molecule has 2 aromatic rings. The molecule has 2 aromatic carbocycles. The van der Waals surface area contributed by atoms with Crippen LogP contribution in [0.3, 0.4) is 0 Å². The number of likely N-dealkylation sites (tertiary alicyclic amines) is 1. The molecule has 144 valence electrons. The average molecular weight is 407 g/mol. The van der Waals surface area contributed by atoms with Gasteiger partial charge in [0.25, 0.3) is 10.0 Å². The van der Waals surface area contributed by atoms with Crippen LogP contribution in [0.5, 0.6) is 0 Å². The fourth-order valence-corrected chi connectivity index (χ4v) is 4.66. The van der Waals surface area contributed by atoms with E-state index in [2.05, 4.69) is 6.92 Å². The normalized spacial score (nSPS) is 15.6. The van der Waals surface area contributed by atoms with E-state index in [0.29, 0.717) is 29.7 Å². The van der Waals surface area contributed by atoms with Crippen molar-refractivity contribution in [2.24, 2.45) is 5.92 Å². The van der Waals surface area contributed by atoms with Crippen LogP contribution in [0.25, 0.3) is 0 Å². The van der Waals surface area contributed by atoms with Crippen LogP contribution < -0.4 is 4.31 Å². The summed E-state index contributed by atoms with van der Waals surface area (Å²) in [6.45, 7) is 3.29. The van der Waals surface area contributed by atoms with Gasteiger partial charge in [-0.25, -0.2) is 8.42 Å². The highest BCUT2D eigenvalue weighted by Gasteiger charge is 2.30. The number of para-hydroxylation sites is 1. The number of anilines is 1. The first-order valence-corrected chi connectivity index (χ1v) is 10.8. The number of halogens is 1. The first-order chi connectivity index (χ1) is 12.9. The smallest absolute Gasteiger partial charge is 0.264 e. The van der Waals surface area contributed by atoms with Crippen molar-refractivity contribution < 1.29 is 13.2 Å². The molecule has 7 heteroatoms. The Morgan fingerprint density at radius 1 is 1.07 bits per heavy atom. The number of sulfonamides is 1. The lowest BCUT2D eigenvalue weighted by Crippen LogP contribution is -2.45. The van der Waals surface area contributed by atoms with Crippen LogP contribution in [0.1, 0.15) is 19.8 Å². The van der Waals surface area contributed by atoms with Crippen LogP contribution in [0.4, 0.5) is 5.69 Å². The molecule has 0 aromatic heterocycles. The van der Waals surface area contributed by atoms with Crippen LogP contribution in [-0.4, -0.2) is 38.9 Å². The first kappa shape index (κ1) is 19.7. The zero-order chi connectivity index (χ0) is 19.4. The minimum atomic E-state index is -3.89. The third-order valence-electron chi connectivity index (χ3n) is 4.86. The molecule has 1 amide bonds. The number of carbonyl (C=O) groups excluding carboxylic acids is 1. The lowest BCUT2D eigenvalue weighted by Gasteiger charge is -2.32. The highest BCUT2D eigenvalue weighted by Crippen LogP contribution is 2.25. The first-order valence-electron chi connectivity index (χ1n) is 8.99. The molecule has 0 aliphatic carbocycles. The highest BCUT2D eigenvalue weighted by atomic mass is 35.5. The summed E-state index contributed by atoms with van der Waals surface area (Å²) >= 11 is 5.89. The van der Waals surface area contributed by atoms with Crippen molar-refractivity contribution in [3.05, 3.63) is 59.6 Å². The number of hydrogen-bond acceptors (Lipinski definition) is 3. The van der Waals surface area contributed by atoms with E-state index in [1.807, 2.05) is 6.07 Å². The minimum absolute atomic E-state index is 0.107. The van der Waals surface area contributed by atoms with Gasteiger partial charge in [-0.15, -0.1) is 0 Å². The summed E-state index contributed by atoms with van der Waals surface area (Å²) < 4.78 is 27.6. The van der Waals surface area contributed by atoms with Gasteiger partial charge >= 0.3 is 0 Å². The number of carbonyl (C=O) groups is 1. The zero-order valence-corrected chi connectivity index (χ0v) is 16.8. The molecule has 0 atom stereocenters. The van der Waals surface area contributed by atoms with E-state index in [1.54, 1.807) is 29.2 Å². The molecule has 3 rings (SSSR count). The monoisotopic (exact) mass is 406 g/mol. The number of rotatable bonds is 5. The Morgan fingerprint density at radius 3 is 2.26 bits per heavy atom. The van der Waals surface area contributed by atoms with E-state index in [-0.39, 0.29) is 17.3 Å². The lowest BCUT2D eigenvalue weighted by molar-refractivity contribution is -0.130. The molecule has 1 fully saturated rings. The standard InChI is InChI=1S/C20H23ClN2O3S/c1-16-11-13-22(14-12-16)20(24)15-23(18-5-3-2-4-6-18)27(25,26)19-9-7-17(21)8-10-19/h2-10,16H,11-15H2,1H3. The Bertz CT molecular complexity index is 877. The fraction of sp³-hybridized carbons (Fsp3) is 0.350. The van der Waals surface area contributed by atoms with Crippen molar-refractivity contribution in [2.45, 2.75) is 24.7 Å². The summed E-state index contributed by atoms with van der Waals surface area (Å²) in [6.07, 6.45) is 1.89. The average Bonchev–Trinajstić information content (AvgIpc) is 2.67. The molecular weight excluding hydrogens is 384 g/mol. The van der Waals surface area contributed by atoms with Crippen LogP contribution >= 0.6 is 11.6 Å². The van der Waals surface area contributed by atoms with Gasteiger partial charge in [0.15, 0.2) is 0 Å². The molecule has 0 unspecified atom stereocenters. The lowest BCUT2D eigenvalue weighted by atomic mass is 9.99. The van der Waals surface area contributed by atoms with Crippen LogP contribution in [-0.2, 0) is 14.8 Å². The van der Waals surface area contributed by atoms with Gasteiger partial charge < -0.3 is 4.90 Å².